The van der Waals surface area contributed by atoms with Crippen LogP contribution in [0.4, 0.5) is 0 Å². The van der Waals surface area contributed by atoms with Crippen LogP contribution in [0.1, 0.15) is 33.1 Å². The van der Waals surface area contributed by atoms with Gasteiger partial charge in [-0.2, -0.15) is 0 Å². The predicted octanol–water partition coefficient (Wildman–Crippen LogP) is 1.03. The number of aliphatic hydroxyl groups is 1. The average Bonchev–Trinajstić information content (AvgIpc) is 2.01. The predicted molar refractivity (Wildman–Crippen MR) is 51.0 cm³/mol. The first-order valence-electron chi connectivity index (χ1n) is 4.99. The minimum atomic E-state index is -1.07. The van der Waals surface area contributed by atoms with Crippen LogP contribution in [0.3, 0.4) is 0 Å². The molecular formula is C10H18O4. The third-order valence-corrected chi connectivity index (χ3v) is 2.70. The normalized spacial score (nSPS) is 33.3. The third kappa shape index (κ3) is 2.96. The molecule has 4 heteroatoms. The monoisotopic (exact) mass is 202 g/mol. The van der Waals surface area contributed by atoms with Gasteiger partial charge in [0.1, 0.15) is 0 Å². The van der Waals surface area contributed by atoms with Crippen molar-refractivity contribution in [1.82, 2.24) is 0 Å². The number of carboxylic acids is 1. The van der Waals surface area contributed by atoms with E-state index in [9.17, 15) is 9.90 Å². The van der Waals surface area contributed by atoms with Gasteiger partial charge in [0, 0.05) is 19.4 Å². The fourth-order valence-electron chi connectivity index (χ4n) is 1.81. The summed E-state index contributed by atoms with van der Waals surface area (Å²) in [5.41, 5.74) is -1.07. The Bertz CT molecular complexity index is 214. The van der Waals surface area contributed by atoms with E-state index in [0.717, 1.165) is 0 Å². The zero-order valence-electron chi connectivity index (χ0n) is 8.69. The van der Waals surface area contributed by atoms with Crippen molar-refractivity contribution in [3.63, 3.8) is 0 Å². The maximum atomic E-state index is 10.5. The van der Waals surface area contributed by atoms with Gasteiger partial charge in [-0.25, -0.2) is 0 Å². The van der Waals surface area contributed by atoms with E-state index in [1.807, 2.05) is 13.8 Å². The van der Waals surface area contributed by atoms with Gasteiger partial charge in [0.15, 0.2) is 0 Å². The quantitative estimate of drug-likeness (QED) is 0.717. The first-order valence-corrected chi connectivity index (χ1v) is 4.99. The highest BCUT2D eigenvalue weighted by Gasteiger charge is 2.37. The molecule has 2 unspecified atom stereocenters. The van der Waals surface area contributed by atoms with Crippen molar-refractivity contribution in [2.45, 2.75) is 44.8 Å². The molecule has 2 atom stereocenters. The molecule has 14 heavy (non-hydrogen) atoms. The van der Waals surface area contributed by atoms with Gasteiger partial charge in [0.2, 0.25) is 0 Å². The molecule has 4 nitrogen and oxygen atoms in total. The standard InChI is InChI=1S/C10H18O4/c1-7(2)8-5-10(13,3-4-14-8)6-9(11)12/h7-8,13H,3-6H2,1-2H3,(H,11,12). The molecule has 2 N–H and O–H groups in total. The number of carboxylic acid groups (broad SMARTS) is 1. The van der Waals surface area contributed by atoms with E-state index in [0.29, 0.717) is 25.4 Å². The molecular weight excluding hydrogens is 184 g/mol. The fourth-order valence-corrected chi connectivity index (χ4v) is 1.81. The largest absolute Gasteiger partial charge is 0.481 e. The van der Waals surface area contributed by atoms with Crippen LogP contribution in [0.2, 0.25) is 0 Å². The van der Waals surface area contributed by atoms with Crippen LogP contribution in [0.25, 0.3) is 0 Å². The molecule has 0 aliphatic carbocycles. The van der Waals surface area contributed by atoms with E-state index in [4.69, 9.17) is 9.84 Å². The lowest BCUT2D eigenvalue weighted by Crippen LogP contribution is -2.44. The molecule has 1 fully saturated rings. The van der Waals surface area contributed by atoms with Crippen molar-refractivity contribution in [3.05, 3.63) is 0 Å². The first kappa shape index (κ1) is 11.5. The second-order valence-corrected chi connectivity index (χ2v) is 4.40. The Morgan fingerprint density at radius 3 is 2.79 bits per heavy atom. The molecule has 1 heterocycles. The SMILES string of the molecule is CC(C)C1CC(O)(CC(=O)O)CCO1. The van der Waals surface area contributed by atoms with Crippen LogP contribution in [0, 0.1) is 5.92 Å². The Morgan fingerprint density at radius 2 is 2.29 bits per heavy atom. The molecule has 0 aromatic carbocycles. The van der Waals surface area contributed by atoms with Gasteiger partial charge in [-0.1, -0.05) is 13.8 Å². The van der Waals surface area contributed by atoms with Crippen molar-refractivity contribution in [2.75, 3.05) is 6.61 Å². The number of hydrogen-bond acceptors (Lipinski definition) is 3. The molecule has 0 amide bonds. The zero-order valence-corrected chi connectivity index (χ0v) is 8.69. The summed E-state index contributed by atoms with van der Waals surface area (Å²) in [7, 11) is 0. The van der Waals surface area contributed by atoms with Gasteiger partial charge in [0.05, 0.1) is 18.1 Å². The number of ether oxygens (including phenoxy) is 1. The third-order valence-electron chi connectivity index (χ3n) is 2.70. The maximum absolute atomic E-state index is 10.5. The number of hydrogen-bond donors (Lipinski definition) is 2. The van der Waals surface area contributed by atoms with Gasteiger partial charge in [-0.15, -0.1) is 0 Å². The molecule has 0 aromatic rings. The molecule has 0 aromatic heterocycles. The number of rotatable bonds is 3. The van der Waals surface area contributed by atoms with E-state index in [-0.39, 0.29) is 12.5 Å². The highest BCUT2D eigenvalue weighted by Crippen LogP contribution is 2.30. The molecule has 0 radical (unpaired) electrons. The topological polar surface area (TPSA) is 66.8 Å². The summed E-state index contributed by atoms with van der Waals surface area (Å²) in [6, 6.07) is 0. The lowest BCUT2D eigenvalue weighted by molar-refractivity contribution is -0.153. The van der Waals surface area contributed by atoms with Crippen molar-refractivity contribution >= 4 is 5.97 Å². The highest BCUT2D eigenvalue weighted by atomic mass is 16.5. The Hall–Kier alpha value is -0.610. The molecule has 0 saturated carbocycles. The molecule has 0 bridgehead atoms. The van der Waals surface area contributed by atoms with Gasteiger partial charge in [0.25, 0.3) is 0 Å². The van der Waals surface area contributed by atoms with Crippen LogP contribution >= 0.6 is 0 Å². The lowest BCUT2D eigenvalue weighted by Gasteiger charge is -2.37. The highest BCUT2D eigenvalue weighted by molar-refractivity contribution is 5.68. The smallest absolute Gasteiger partial charge is 0.306 e. The molecule has 1 saturated heterocycles. The van der Waals surface area contributed by atoms with E-state index in [2.05, 4.69) is 0 Å². The zero-order chi connectivity index (χ0) is 10.8. The summed E-state index contributed by atoms with van der Waals surface area (Å²) in [6.07, 6.45) is 0.645. The van der Waals surface area contributed by atoms with Gasteiger partial charge in [-0.3, -0.25) is 4.79 Å². The van der Waals surface area contributed by atoms with E-state index in [1.54, 1.807) is 0 Å². The summed E-state index contributed by atoms with van der Waals surface area (Å²) >= 11 is 0. The van der Waals surface area contributed by atoms with Crippen molar-refractivity contribution in [1.29, 1.82) is 0 Å². The Kier molecular flexibility index (Phi) is 3.50. The second-order valence-electron chi connectivity index (χ2n) is 4.40. The minimum absolute atomic E-state index is 0.0203. The van der Waals surface area contributed by atoms with Crippen molar-refractivity contribution < 1.29 is 19.7 Å². The van der Waals surface area contributed by atoms with Crippen molar-refractivity contribution in [2.24, 2.45) is 5.92 Å². The van der Waals surface area contributed by atoms with Crippen LogP contribution in [-0.4, -0.2) is 34.5 Å². The lowest BCUT2D eigenvalue weighted by atomic mass is 9.84. The van der Waals surface area contributed by atoms with Crippen LogP contribution < -0.4 is 0 Å². The van der Waals surface area contributed by atoms with E-state index in [1.165, 1.54) is 0 Å². The summed E-state index contributed by atoms with van der Waals surface area (Å²) in [4.78, 5) is 10.5. The number of carbonyl (C=O) groups is 1. The van der Waals surface area contributed by atoms with Crippen LogP contribution in [-0.2, 0) is 9.53 Å². The van der Waals surface area contributed by atoms with Gasteiger partial charge in [-0.05, 0) is 5.92 Å². The molecule has 82 valence electrons. The summed E-state index contributed by atoms with van der Waals surface area (Å²) in [6.45, 7) is 4.47. The minimum Gasteiger partial charge on any atom is -0.481 e. The van der Waals surface area contributed by atoms with Crippen LogP contribution in [0.15, 0.2) is 0 Å². The number of aliphatic carboxylic acids is 1. The van der Waals surface area contributed by atoms with Crippen molar-refractivity contribution in [3.8, 4) is 0 Å². The van der Waals surface area contributed by atoms with Gasteiger partial charge < -0.3 is 14.9 Å². The maximum Gasteiger partial charge on any atom is 0.306 e. The summed E-state index contributed by atoms with van der Waals surface area (Å²) in [5.74, 6) is -0.632. The summed E-state index contributed by atoms with van der Waals surface area (Å²) in [5, 5.41) is 18.7. The van der Waals surface area contributed by atoms with Crippen LogP contribution in [0.5, 0.6) is 0 Å². The first-order chi connectivity index (χ1) is 6.43. The summed E-state index contributed by atoms with van der Waals surface area (Å²) < 4.78 is 5.46. The van der Waals surface area contributed by atoms with Gasteiger partial charge >= 0.3 is 5.97 Å². The van der Waals surface area contributed by atoms with E-state index < -0.39 is 11.6 Å². The molecule has 1 aliphatic rings. The molecule has 0 spiro atoms. The fraction of sp³-hybridized carbons (Fsp3) is 0.900. The second kappa shape index (κ2) is 4.28. The Morgan fingerprint density at radius 1 is 1.64 bits per heavy atom. The molecule has 1 rings (SSSR count). The van der Waals surface area contributed by atoms with E-state index >= 15 is 0 Å². The Balaban J connectivity index is 2.57. The Labute approximate surface area is 83.9 Å². The average molecular weight is 202 g/mol. The molecule has 1 aliphatic heterocycles.